The summed E-state index contributed by atoms with van der Waals surface area (Å²) < 4.78 is 4.78. The summed E-state index contributed by atoms with van der Waals surface area (Å²) in [5, 5.41) is 32.9. The second kappa shape index (κ2) is 11.8. The van der Waals surface area contributed by atoms with E-state index in [4.69, 9.17) is 25.2 Å². The third-order valence-electron chi connectivity index (χ3n) is 0.989. The molecule has 0 radical (unpaired) electrons. The average molecular weight is 196 g/mol. The van der Waals surface area contributed by atoms with Crippen LogP contribution in [0.5, 0.6) is 0 Å². The predicted octanol–water partition coefficient (Wildman–Crippen LogP) is -1.26. The summed E-state index contributed by atoms with van der Waals surface area (Å²) in [5.41, 5.74) is 0. The molecular formula is C8H20O5. The highest BCUT2D eigenvalue weighted by Gasteiger charge is 1.98. The zero-order valence-electron chi connectivity index (χ0n) is 8.18. The molecule has 0 aliphatic carbocycles. The van der Waals surface area contributed by atoms with Crippen LogP contribution in [0.25, 0.3) is 0 Å². The normalized spacial score (nSPS) is 14.3. The molecule has 0 spiro atoms. The first-order valence-corrected chi connectivity index (χ1v) is 4.24. The van der Waals surface area contributed by atoms with Crippen molar-refractivity contribution in [3.8, 4) is 0 Å². The fourth-order valence-electron chi connectivity index (χ4n) is 0.307. The summed E-state index contributed by atoms with van der Waals surface area (Å²) in [4.78, 5) is 0. The molecule has 2 unspecified atom stereocenters. The highest BCUT2D eigenvalue weighted by molar-refractivity contribution is 4.47. The van der Waals surface area contributed by atoms with Crippen molar-refractivity contribution in [1.29, 1.82) is 0 Å². The summed E-state index contributed by atoms with van der Waals surface area (Å²) >= 11 is 0. The van der Waals surface area contributed by atoms with Gasteiger partial charge < -0.3 is 25.2 Å². The van der Waals surface area contributed by atoms with E-state index in [9.17, 15) is 0 Å². The van der Waals surface area contributed by atoms with E-state index >= 15 is 0 Å². The van der Waals surface area contributed by atoms with E-state index in [1.807, 2.05) is 6.92 Å². The largest absolute Gasteiger partial charge is 0.394 e. The van der Waals surface area contributed by atoms with Crippen molar-refractivity contribution >= 4 is 0 Å². The Kier molecular flexibility index (Phi) is 13.9. The lowest BCUT2D eigenvalue weighted by Crippen LogP contribution is -2.19. The number of hydrogen-bond acceptors (Lipinski definition) is 5. The van der Waals surface area contributed by atoms with E-state index in [1.165, 1.54) is 6.92 Å². The van der Waals surface area contributed by atoms with Crippen molar-refractivity contribution in [3.05, 3.63) is 0 Å². The van der Waals surface area contributed by atoms with Gasteiger partial charge in [0.1, 0.15) is 6.10 Å². The lowest BCUT2D eigenvalue weighted by Gasteiger charge is -2.04. The molecule has 0 rings (SSSR count). The van der Waals surface area contributed by atoms with Gasteiger partial charge in [0, 0.05) is 6.61 Å². The average Bonchev–Trinajstić information content (AvgIpc) is 2.15. The molecule has 5 heteroatoms. The van der Waals surface area contributed by atoms with Crippen LogP contribution in [0, 0.1) is 0 Å². The van der Waals surface area contributed by atoms with Gasteiger partial charge in [0.25, 0.3) is 0 Å². The minimum Gasteiger partial charge on any atom is -0.394 e. The topological polar surface area (TPSA) is 90.2 Å². The van der Waals surface area contributed by atoms with Gasteiger partial charge in [0.2, 0.25) is 0 Å². The molecule has 0 saturated carbocycles. The Morgan fingerprint density at radius 2 is 1.62 bits per heavy atom. The van der Waals surface area contributed by atoms with Gasteiger partial charge in [-0.15, -0.1) is 0 Å². The summed E-state index contributed by atoms with van der Waals surface area (Å²) in [7, 11) is 0. The summed E-state index contributed by atoms with van der Waals surface area (Å²) in [6.45, 7) is 3.81. The molecule has 0 amide bonds. The third kappa shape index (κ3) is 18.6. The first-order valence-electron chi connectivity index (χ1n) is 4.24. The Morgan fingerprint density at radius 3 is 1.85 bits per heavy atom. The standard InChI is InChI=1S/C5H12O3.C3H8O2/c1-2-8-4-5(7)3-6;1-3(5)2-4/h5-7H,2-4H2,1H3;3-5H,2H2,1H3. The molecule has 0 saturated heterocycles. The van der Waals surface area contributed by atoms with Crippen LogP contribution in [0.4, 0.5) is 0 Å². The lowest BCUT2D eigenvalue weighted by molar-refractivity contribution is 0.0104. The molecule has 0 fully saturated rings. The van der Waals surface area contributed by atoms with Crippen molar-refractivity contribution in [2.75, 3.05) is 26.4 Å². The van der Waals surface area contributed by atoms with Crippen LogP contribution in [0.1, 0.15) is 13.8 Å². The second-order valence-corrected chi connectivity index (χ2v) is 2.53. The number of rotatable bonds is 5. The van der Waals surface area contributed by atoms with Crippen LogP contribution in [0.2, 0.25) is 0 Å². The first kappa shape index (κ1) is 15.3. The highest BCUT2D eigenvalue weighted by atomic mass is 16.5. The molecule has 0 bridgehead atoms. The number of aliphatic hydroxyl groups is 4. The fraction of sp³-hybridized carbons (Fsp3) is 1.00. The minimum atomic E-state index is -0.713. The van der Waals surface area contributed by atoms with Gasteiger partial charge in [0.05, 0.1) is 25.9 Å². The van der Waals surface area contributed by atoms with Crippen molar-refractivity contribution in [1.82, 2.24) is 0 Å². The van der Waals surface area contributed by atoms with Crippen LogP contribution in [0.3, 0.4) is 0 Å². The van der Waals surface area contributed by atoms with Crippen LogP contribution < -0.4 is 0 Å². The van der Waals surface area contributed by atoms with E-state index in [0.717, 1.165) is 0 Å². The molecule has 0 aromatic carbocycles. The van der Waals surface area contributed by atoms with Gasteiger partial charge >= 0.3 is 0 Å². The Bertz CT molecular complexity index is 86.6. The second-order valence-electron chi connectivity index (χ2n) is 2.53. The van der Waals surface area contributed by atoms with Crippen molar-refractivity contribution < 1.29 is 25.2 Å². The van der Waals surface area contributed by atoms with Crippen LogP contribution >= 0.6 is 0 Å². The smallest absolute Gasteiger partial charge is 0.100 e. The quantitative estimate of drug-likeness (QED) is 0.440. The lowest BCUT2D eigenvalue weighted by atomic mass is 10.4. The van der Waals surface area contributed by atoms with Crippen molar-refractivity contribution in [2.24, 2.45) is 0 Å². The molecule has 82 valence electrons. The first-order chi connectivity index (χ1) is 6.08. The molecular weight excluding hydrogens is 176 g/mol. The summed E-state index contributed by atoms with van der Waals surface area (Å²) in [5.74, 6) is 0. The molecule has 2 atom stereocenters. The Hall–Kier alpha value is -0.200. The van der Waals surface area contributed by atoms with Gasteiger partial charge in [-0.25, -0.2) is 0 Å². The van der Waals surface area contributed by atoms with E-state index in [0.29, 0.717) is 6.61 Å². The summed E-state index contributed by atoms with van der Waals surface area (Å²) in [6, 6.07) is 0. The SMILES string of the molecule is CC(O)CO.CCOCC(O)CO. The molecule has 4 N–H and O–H groups in total. The maximum absolute atomic E-state index is 8.61. The van der Waals surface area contributed by atoms with E-state index < -0.39 is 12.2 Å². The molecule has 0 heterocycles. The maximum Gasteiger partial charge on any atom is 0.100 e. The van der Waals surface area contributed by atoms with Gasteiger partial charge in [-0.3, -0.25) is 0 Å². The highest BCUT2D eigenvalue weighted by Crippen LogP contribution is 1.81. The van der Waals surface area contributed by atoms with Gasteiger partial charge in [0.15, 0.2) is 0 Å². The zero-order chi connectivity index (χ0) is 10.7. The number of ether oxygens (including phenoxy) is 1. The molecule has 0 aliphatic rings. The fourth-order valence-corrected chi connectivity index (χ4v) is 0.307. The molecule has 0 aliphatic heterocycles. The van der Waals surface area contributed by atoms with Gasteiger partial charge in [-0.05, 0) is 13.8 Å². The Morgan fingerprint density at radius 1 is 1.15 bits per heavy atom. The van der Waals surface area contributed by atoms with Gasteiger partial charge in [-0.1, -0.05) is 0 Å². The molecule has 13 heavy (non-hydrogen) atoms. The van der Waals surface area contributed by atoms with Crippen LogP contribution in [-0.4, -0.2) is 59.1 Å². The molecule has 0 aromatic rings. The summed E-state index contributed by atoms with van der Waals surface area (Å²) in [6.07, 6.45) is -1.27. The van der Waals surface area contributed by atoms with E-state index in [-0.39, 0.29) is 19.8 Å². The third-order valence-corrected chi connectivity index (χ3v) is 0.989. The Labute approximate surface area is 78.6 Å². The van der Waals surface area contributed by atoms with Crippen molar-refractivity contribution in [2.45, 2.75) is 26.1 Å². The monoisotopic (exact) mass is 196 g/mol. The Balaban J connectivity index is 0. The number of aliphatic hydroxyl groups excluding tert-OH is 4. The zero-order valence-corrected chi connectivity index (χ0v) is 8.18. The molecule has 5 nitrogen and oxygen atoms in total. The van der Waals surface area contributed by atoms with Crippen LogP contribution in [-0.2, 0) is 4.74 Å². The maximum atomic E-state index is 8.61. The van der Waals surface area contributed by atoms with E-state index in [2.05, 4.69) is 0 Å². The van der Waals surface area contributed by atoms with Crippen LogP contribution in [0.15, 0.2) is 0 Å². The van der Waals surface area contributed by atoms with Gasteiger partial charge in [-0.2, -0.15) is 0 Å². The van der Waals surface area contributed by atoms with E-state index in [1.54, 1.807) is 0 Å². The van der Waals surface area contributed by atoms with Crippen molar-refractivity contribution in [3.63, 3.8) is 0 Å². The minimum absolute atomic E-state index is 0.139. The number of hydrogen-bond donors (Lipinski definition) is 4. The molecule has 0 aromatic heterocycles. The predicted molar refractivity (Wildman–Crippen MR) is 48.4 cm³/mol.